The van der Waals surface area contributed by atoms with E-state index in [9.17, 15) is 9.00 Å². The van der Waals surface area contributed by atoms with Gasteiger partial charge in [-0.1, -0.05) is 0 Å². The lowest BCUT2D eigenvalue weighted by Gasteiger charge is -1.35. The van der Waals surface area contributed by atoms with Gasteiger partial charge in [0.2, 0.25) is 0 Å². The van der Waals surface area contributed by atoms with Crippen LogP contribution in [0.1, 0.15) is 6.92 Å². The van der Waals surface area contributed by atoms with E-state index in [1.165, 1.54) is 6.92 Å². The Hall–Kier alpha value is -0.310. The molecule has 0 rings (SSSR count). The van der Waals surface area contributed by atoms with E-state index in [0.717, 1.165) is 0 Å². The van der Waals surface area contributed by atoms with Crippen LogP contribution in [0.3, 0.4) is 0 Å². The molecule has 0 radical (unpaired) electrons. The molecule has 0 aliphatic carbocycles. The Morgan fingerprint density at radius 3 is 2.00 bits per heavy atom. The van der Waals surface area contributed by atoms with Crippen molar-refractivity contribution in [1.29, 1.82) is 0 Å². The van der Waals surface area contributed by atoms with Crippen LogP contribution >= 0.6 is 0 Å². The molecule has 0 aliphatic heterocycles. The predicted molar refractivity (Wildman–Crippen MR) is 18.7 cm³/mol. The molecule has 0 amide bonds. The monoisotopic (exact) mass is 91.0 g/mol. The van der Waals surface area contributed by atoms with Crippen molar-refractivity contribution in [1.82, 2.24) is 0 Å². The molecule has 0 aromatic carbocycles. The molecule has 3 heteroatoms. The largest absolute Gasteiger partial charge is 0.545 e. The third kappa shape index (κ3) is 3.69. The quantitative estimate of drug-likeness (QED) is 0.392. The van der Waals surface area contributed by atoms with Crippen LogP contribution in [-0.4, -0.2) is 5.12 Å². The van der Waals surface area contributed by atoms with Crippen LogP contribution in [0.4, 0.5) is 0 Å². The first-order chi connectivity index (χ1) is 2.27. The van der Waals surface area contributed by atoms with E-state index in [0.29, 0.717) is 0 Å². The Kier molecular flexibility index (Phi) is 1.84. The molecule has 0 aromatic rings. The highest BCUT2D eigenvalue weighted by atomic mass is 32.1. The van der Waals surface area contributed by atoms with Gasteiger partial charge in [0.1, 0.15) is 0 Å². The summed E-state index contributed by atoms with van der Waals surface area (Å²) in [6.45, 7) is 1.23. The topological polar surface area (TPSA) is 34.1 Å². The van der Waals surface area contributed by atoms with Gasteiger partial charge in [-0.25, -0.2) is 4.79 Å². The van der Waals surface area contributed by atoms with E-state index in [1.807, 2.05) is 0 Å². The summed E-state index contributed by atoms with van der Waals surface area (Å²) in [5, 5.41) is -0.384. The molecule has 2 nitrogen and oxygen atoms in total. The zero-order chi connectivity index (χ0) is 4.28. The Morgan fingerprint density at radius 1 is 1.80 bits per heavy atom. The van der Waals surface area contributed by atoms with E-state index < -0.39 is 0 Å². The number of carbonyl (C=O) groups is 1. The molecule has 0 aromatic heterocycles. The average molecular weight is 91.1 g/mol. The maximum Gasteiger partial charge on any atom is 0.545 e. The maximum absolute atomic E-state index is 9.46. The number of hydrogen-bond donors (Lipinski definition) is 0. The van der Waals surface area contributed by atoms with Crippen molar-refractivity contribution in [2.45, 2.75) is 6.92 Å². The summed E-state index contributed by atoms with van der Waals surface area (Å²) in [5.41, 5.74) is 0. The van der Waals surface area contributed by atoms with Crippen LogP contribution in [-0.2, 0) is 20.7 Å². The highest BCUT2D eigenvalue weighted by Gasteiger charge is 2.02. The molecule has 0 unspecified atom stereocenters. The van der Waals surface area contributed by atoms with E-state index in [-0.39, 0.29) is 16.8 Å². The minimum atomic E-state index is -0.384. The van der Waals surface area contributed by atoms with Crippen LogP contribution in [0, 0.1) is 0 Å². The van der Waals surface area contributed by atoms with Gasteiger partial charge >= 0.3 is 16.8 Å². The average Bonchev–Trinajstić information content (AvgIpc) is 1.38. The molecule has 0 heterocycles. The van der Waals surface area contributed by atoms with Gasteiger partial charge in [-0.05, 0) is 0 Å². The standard InChI is InChI=1S/C2H3O2S/c1-2(3)5-4/h1H3/q+1. The minimum absolute atomic E-state index is 0.00926. The van der Waals surface area contributed by atoms with Gasteiger partial charge in [-0.3, -0.25) is 0 Å². The molecule has 0 aliphatic rings. The highest BCUT2D eigenvalue weighted by Crippen LogP contribution is 1.54. The molecule has 0 saturated heterocycles. The van der Waals surface area contributed by atoms with Crippen molar-refractivity contribution in [2.24, 2.45) is 0 Å². The molecule has 5 heavy (non-hydrogen) atoms. The second kappa shape index (κ2) is 1.96. The van der Waals surface area contributed by atoms with Crippen molar-refractivity contribution in [3.63, 3.8) is 0 Å². The first-order valence-corrected chi connectivity index (χ1v) is 1.82. The third-order valence-corrected chi connectivity index (χ3v) is 0.352. The zero-order valence-electron chi connectivity index (χ0n) is 2.72. The lowest BCUT2D eigenvalue weighted by molar-refractivity contribution is -0.109. The summed E-state index contributed by atoms with van der Waals surface area (Å²) >= 11 is -0.00926. The fraction of sp³-hybridized carbons (Fsp3) is 0.500. The van der Waals surface area contributed by atoms with E-state index in [1.54, 1.807) is 0 Å². The Morgan fingerprint density at radius 2 is 2.00 bits per heavy atom. The smallest absolute Gasteiger partial charge is 0.221 e. The molecular formula is C2H3O2S+. The maximum atomic E-state index is 9.46. The predicted octanol–water partition coefficient (Wildman–Crippen LogP) is -0.0390. The Balaban J connectivity index is 3.20. The first kappa shape index (κ1) is 4.69. The van der Waals surface area contributed by atoms with Gasteiger partial charge in [-0.2, -0.15) is 0 Å². The van der Waals surface area contributed by atoms with Gasteiger partial charge in [0.15, 0.2) is 0 Å². The number of hydrogen-bond acceptors (Lipinski definition) is 2. The second-order valence-corrected chi connectivity index (χ2v) is 1.32. The van der Waals surface area contributed by atoms with Crippen molar-refractivity contribution in [3.8, 4) is 0 Å². The van der Waals surface area contributed by atoms with Crippen molar-refractivity contribution in [3.05, 3.63) is 0 Å². The Labute approximate surface area is 33.7 Å². The van der Waals surface area contributed by atoms with Gasteiger partial charge in [-0.15, -0.1) is 0 Å². The third-order valence-electron chi connectivity index (χ3n) is 0.117. The molecule has 0 fully saturated rings. The second-order valence-electron chi connectivity index (χ2n) is 0.575. The van der Waals surface area contributed by atoms with Crippen LogP contribution in [0.2, 0.25) is 0 Å². The van der Waals surface area contributed by atoms with E-state index in [2.05, 4.69) is 0 Å². The first-order valence-electron chi connectivity index (χ1n) is 1.07. The molecule has 0 atom stereocenters. The zero-order valence-corrected chi connectivity index (χ0v) is 3.54. The van der Waals surface area contributed by atoms with Crippen molar-refractivity contribution in [2.75, 3.05) is 0 Å². The van der Waals surface area contributed by atoms with Gasteiger partial charge in [0, 0.05) is 4.21 Å². The van der Waals surface area contributed by atoms with Crippen LogP contribution in [0.15, 0.2) is 0 Å². The fourth-order valence-electron chi connectivity index (χ4n) is 0. The lowest BCUT2D eigenvalue weighted by atomic mass is 10.9. The summed E-state index contributed by atoms with van der Waals surface area (Å²) in [6, 6.07) is 0. The summed E-state index contributed by atoms with van der Waals surface area (Å²) in [4.78, 5) is 9.46. The summed E-state index contributed by atoms with van der Waals surface area (Å²) < 4.78 is 9.20. The molecule has 0 N–H and O–H groups in total. The number of rotatable bonds is 0. The van der Waals surface area contributed by atoms with Crippen LogP contribution in [0.25, 0.3) is 0 Å². The van der Waals surface area contributed by atoms with E-state index in [4.69, 9.17) is 0 Å². The molecule has 0 spiro atoms. The fourth-order valence-corrected chi connectivity index (χ4v) is 0. The lowest BCUT2D eigenvalue weighted by Crippen LogP contribution is -1.78. The Bertz CT molecular complexity index is 58.7. The van der Waals surface area contributed by atoms with Gasteiger partial charge in [0.05, 0.1) is 6.92 Å². The molecule has 0 bridgehead atoms. The minimum Gasteiger partial charge on any atom is -0.221 e. The molecule has 28 valence electrons. The summed E-state index contributed by atoms with van der Waals surface area (Å²) in [7, 11) is 0. The van der Waals surface area contributed by atoms with E-state index >= 15 is 0 Å². The summed E-state index contributed by atoms with van der Waals surface area (Å²) in [6.07, 6.45) is 0. The SMILES string of the molecule is CC(=O)[S+]=O. The molecule has 0 saturated carbocycles. The van der Waals surface area contributed by atoms with Gasteiger partial charge < -0.3 is 0 Å². The van der Waals surface area contributed by atoms with Crippen molar-refractivity contribution < 1.29 is 9.00 Å². The van der Waals surface area contributed by atoms with Gasteiger partial charge in [0.25, 0.3) is 0 Å². The summed E-state index contributed by atoms with van der Waals surface area (Å²) in [5.74, 6) is 0. The molecular weight excluding hydrogens is 88.1 g/mol. The number of carbonyl (C=O) groups excluding carboxylic acids is 1. The van der Waals surface area contributed by atoms with Crippen molar-refractivity contribution >= 4 is 16.8 Å². The van der Waals surface area contributed by atoms with Crippen LogP contribution < -0.4 is 0 Å². The highest BCUT2D eigenvalue weighted by molar-refractivity contribution is 7.83. The van der Waals surface area contributed by atoms with Crippen LogP contribution in [0.5, 0.6) is 0 Å². The normalized spacial score (nSPS) is 6.60.